The molecule has 2 rings (SSSR count). The second kappa shape index (κ2) is 6.41. The molecule has 1 aliphatic carbocycles. The van der Waals surface area contributed by atoms with Crippen LogP contribution in [0.3, 0.4) is 0 Å². The minimum absolute atomic E-state index is 0.156. The zero-order chi connectivity index (χ0) is 13.7. The molecule has 0 unspecified atom stereocenters. The van der Waals surface area contributed by atoms with E-state index in [0.29, 0.717) is 6.61 Å². The van der Waals surface area contributed by atoms with Crippen LogP contribution in [0.1, 0.15) is 33.1 Å². The van der Waals surface area contributed by atoms with Crippen LogP contribution in [0.25, 0.3) is 0 Å². The van der Waals surface area contributed by atoms with Gasteiger partial charge in [-0.3, -0.25) is 4.79 Å². The molecule has 1 atom stereocenters. The summed E-state index contributed by atoms with van der Waals surface area (Å²) in [6.07, 6.45) is 4.81. The van der Waals surface area contributed by atoms with Gasteiger partial charge >= 0.3 is 0 Å². The molecule has 102 valence electrons. The first-order chi connectivity index (χ1) is 9.22. The molecule has 0 radical (unpaired) electrons. The predicted molar refractivity (Wildman–Crippen MR) is 77.3 cm³/mol. The molecular weight excluding hydrogens is 238 g/mol. The first-order valence-electron chi connectivity index (χ1n) is 6.94. The first kappa shape index (κ1) is 13.7. The fourth-order valence-electron chi connectivity index (χ4n) is 2.34. The number of para-hydroxylation sites is 2. The van der Waals surface area contributed by atoms with Crippen LogP contribution < -0.4 is 10.1 Å². The van der Waals surface area contributed by atoms with Crippen molar-refractivity contribution in [3.05, 3.63) is 36.0 Å². The second-order valence-corrected chi connectivity index (χ2v) is 4.90. The Bertz CT molecular complexity index is 479. The van der Waals surface area contributed by atoms with Crippen molar-refractivity contribution in [1.82, 2.24) is 0 Å². The van der Waals surface area contributed by atoms with Crippen LogP contribution >= 0.6 is 0 Å². The Labute approximate surface area is 114 Å². The number of hydrogen-bond acceptors (Lipinski definition) is 3. The van der Waals surface area contributed by atoms with Gasteiger partial charge in [0.05, 0.1) is 12.3 Å². The lowest BCUT2D eigenvalue weighted by molar-refractivity contribution is -0.119. The molecule has 0 spiro atoms. The van der Waals surface area contributed by atoms with E-state index < -0.39 is 0 Å². The summed E-state index contributed by atoms with van der Waals surface area (Å²) in [6, 6.07) is 7.78. The molecule has 0 heterocycles. The van der Waals surface area contributed by atoms with Gasteiger partial charge in [-0.2, -0.15) is 0 Å². The summed E-state index contributed by atoms with van der Waals surface area (Å²) in [7, 11) is 0. The number of allylic oxidation sites excluding steroid dienone is 1. The number of nitrogens with one attached hydrogen (secondary N) is 1. The summed E-state index contributed by atoms with van der Waals surface area (Å²) in [5.41, 5.74) is 1.80. The number of ketones is 1. The van der Waals surface area contributed by atoms with Gasteiger partial charge in [0.15, 0.2) is 5.78 Å². The van der Waals surface area contributed by atoms with Crippen LogP contribution in [-0.2, 0) is 4.79 Å². The maximum absolute atomic E-state index is 12.0. The lowest BCUT2D eigenvalue weighted by Crippen LogP contribution is -2.19. The molecular formula is C16H21NO2. The van der Waals surface area contributed by atoms with E-state index in [1.54, 1.807) is 0 Å². The summed E-state index contributed by atoms with van der Waals surface area (Å²) in [5, 5.41) is 3.21. The van der Waals surface area contributed by atoms with Crippen molar-refractivity contribution < 1.29 is 9.53 Å². The molecule has 1 fully saturated rings. The lowest BCUT2D eigenvalue weighted by atomic mass is 9.86. The fourth-order valence-corrected chi connectivity index (χ4v) is 2.34. The minimum Gasteiger partial charge on any atom is -0.492 e. The van der Waals surface area contributed by atoms with Gasteiger partial charge in [0.25, 0.3) is 0 Å². The normalized spacial score (nSPS) is 21.5. The summed E-state index contributed by atoms with van der Waals surface area (Å²) in [6.45, 7) is 4.59. The molecule has 1 N–H and O–H groups in total. The maximum Gasteiger partial charge on any atom is 0.163 e. The van der Waals surface area contributed by atoms with E-state index in [1.807, 2.05) is 44.3 Å². The number of anilines is 1. The van der Waals surface area contributed by atoms with E-state index in [9.17, 15) is 4.79 Å². The van der Waals surface area contributed by atoms with Gasteiger partial charge in [-0.1, -0.05) is 19.1 Å². The van der Waals surface area contributed by atoms with Crippen molar-refractivity contribution in [3.8, 4) is 5.75 Å². The number of ether oxygens (including phenoxy) is 1. The number of Topliss-reactive ketones (excluding diaryl/α,β-unsaturated/α-hetero) is 1. The number of hydrogen-bond donors (Lipinski definition) is 1. The first-order valence-corrected chi connectivity index (χ1v) is 6.94. The molecule has 0 amide bonds. The summed E-state index contributed by atoms with van der Waals surface area (Å²) < 4.78 is 5.55. The van der Waals surface area contributed by atoms with Gasteiger partial charge < -0.3 is 10.1 Å². The van der Waals surface area contributed by atoms with Crippen molar-refractivity contribution in [3.63, 3.8) is 0 Å². The highest BCUT2D eigenvalue weighted by Gasteiger charge is 2.22. The van der Waals surface area contributed by atoms with E-state index in [4.69, 9.17) is 4.74 Å². The van der Waals surface area contributed by atoms with E-state index in [1.165, 1.54) is 0 Å². The minimum atomic E-state index is 0.156. The zero-order valence-corrected chi connectivity index (χ0v) is 11.6. The Kier molecular flexibility index (Phi) is 4.61. The van der Waals surface area contributed by atoms with E-state index in [2.05, 4.69) is 5.32 Å². The van der Waals surface area contributed by atoms with E-state index in [0.717, 1.165) is 36.3 Å². The van der Waals surface area contributed by atoms with Crippen molar-refractivity contribution in [2.24, 2.45) is 5.92 Å². The average molecular weight is 259 g/mol. The summed E-state index contributed by atoms with van der Waals surface area (Å²) in [4.78, 5) is 12.0. The van der Waals surface area contributed by atoms with Gasteiger partial charge in [0, 0.05) is 17.7 Å². The second-order valence-electron chi connectivity index (χ2n) is 4.90. The molecule has 1 aromatic carbocycles. The fraction of sp³-hybridized carbons (Fsp3) is 0.438. The predicted octanol–water partition coefficient (Wildman–Crippen LogP) is 3.77. The monoisotopic (exact) mass is 259 g/mol. The van der Waals surface area contributed by atoms with Crippen LogP contribution in [0.4, 0.5) is 5.69 Å². The Morgan fingerprint density at radius 1 is 1.42 bits per heavy atom. The number of carbonyl (C=O) groups excluding carboxylic acids is 1. The molecule has 3 heteroatoms. The summed E-state index contributed by atoms with van der Waals surface area (Å²) in [5.74, 6) is 1.25. The lowest BCUT2D eigenvalue weighted by Gasteiger charge is -2.19. The molecule has 0 aromatic heterocycles. The van der Waals surface area contributed by atoms with Crippen molar-refractivity contribution in [2.75, 3.05) is 11.9 Å². The van der Waals surface area contributed by atoms with Gasteiger partial charge in [-0.15, -0.1) is 0 Å². The van der Waals surface area contributed by atoms with Crippen LogP contribution in [0.15, 0.2) is 36.0 Å². The molecule has 0 bridgehead atoms. The molecule has 0 saturated heterocycles. The average Bonchev–Trinajstić information content (AvgIpc) is 2.42. The van der Waals surface area contributed by atoms with Gasteiger partial charge in [0.2, 0.25) is 0 Å². The van der Waals surface area contributed by atoms with Crippen LogP contribution in [0.2, 0.25) is 0 Å². The Morgan fingerprint density at radius 2 is 2.21 bits per heavy atom. The van der Waals surface area contributed by atoms with E-state index in [-0.39, 0.29) is 11.7 Å². The SMILES string of the molecule is CCOc1ccccc1N/C=C1/CCC[C@@H](C)C1=O. The van der Waals surface area contributed by atoms with Crippen LogP contribution in [0, 0.1) is 5.92 Å². The Hall–Kier alpha value is -1.77. The van der Waals surface area contributed by atoms with E-state index >= 15 is 0 Å². The van der Waals surface area contributed by atoms with Gasteiger partial charge in [0.1, 0.15) is 5.75 Å². The molecule has 1 saturated carbocycles. The number of benzene rings is 1. The van der Waals surface area contributed by atoms with Crippen molar-refractivity contribution >= 4 is 11.5 Å². The molecule has 1 aliphatic rings. The Morgan fingerprint density at radius 3 is 3.00 bits per heavy atom. The zero-order valence-electron chi connectivity index (χ0n) is 11.6. The Balaban J connectivity index is 2.11. The summed E-state index contributed by atoms with van der Waals surface area (Å²) >= 11 is 0. The molecule has 19 heavy (non-hydrogen) atoms. The van der Waals surface area contributed by atoms with Crippen molar-refractivity contribution in [2.45, 2.75) is 33.1 Å². The highest BCUT2D eigenvalue weighted by atomic mass is 16.5. The van der Waals surface area contributed by atoms with Crippen LogP contribution in [0.5, 0.6) is 5.75 Å². The third-order valence-electron chi connectivity index (χ3n) is 3.44. The van der Waals surface area contributed by atoms with Gasteiger partial charge in [-0.25, -0.2) is 0 Å². The number of carbonyl (C=O) groups is 1. The quantitative estimate of drug-likeness (QED) is 0.836. The van der Waals surface area contributed by atoms with Crippen molar-refractivity contribution in [1.29, 1.82) is 0 Å². The highest BCUT2D eigenvalue weighted by Crippen LogP contribution is 2.27. The molecule has 0 aliphatic heterocycles. The highest BCUT2D eigenvalue weighted by molar-refractivity contribution is 5.97. The number of rotatable bonds is 4. The standard InChI is InChI=1S/C16H21NO2/c1-3-19-15-10-5-4-9-14(15)17-11-13-8-6-7-12(2)16(13)18/h4-5,9-12,17H,3,6-8H2,1-2H3/b13-11-/t12-/m1/s1. The largest absolute Gasteiger partial charge is 0.492 e. The molecule has 1 aromatic rings. The maximum atomic E-state index is 12.0. The smallest absolute Gasteiger partial charge is 0.163 e. The third kappa shape index (κ3) is 3.37. The topological polar surface area (TPSA) is 38.3 Å². The van der Waals surface area contributed by atoms with Gasteiger partial charge in [-0.05, 0) is 38.3 Å². The third-order valence-corrected chi connectivity index (χ3v) is 3.44. The van der Waals surface area contributed by atoms with Crippen LogP contribution in [-0.4, -0.2) is 12.4 Å². The molecule has 3 nitrogen and oxygen atoms in total.